The molecule has 2 heterocycles. The Bertz CT molecular complexity index is 818. The Morgan fingerprint density at radius 1 is 1.15 bits per heavy atom. The van der Waals surface area contributed by atoms with E-state index in [0.29, 0.717) is 36.3 Å². The van der Waals surface area contributed by atoms with Crippen molar-refractivity contribution < 1.29 is 14.3 Å². The van der Waals surface area contributed by atoms with Crippen LogP contribution in [0.25, 0.3) is 6.08 Å². The molecule has 134 valence electrons. The number of amides is 2. The van der Waals surface area contributed by atoms with Crippen LogP contribution in [0.1, 0.15) is 15.9 Å². The summed E-state index contributed by atoms with van der Waals surface area (Å²) in [6.45, 7) is 1.97. The van der Waals surface area contributed by atoms with E-state index in [1.165, 1.54) is 0 Å². The molecule has 3 rings (SSSR count). The van der Waals surface area contributed by atoms with Gasteiger partial charge in [0.05, 0.1) is 18.8 Å². The first-order chi connectivity index (χ1) is 12.6. The number of nitrogens with zero attached hydrogens (tertiary/aromatic N) is 2. The number of aromatic nitrogens is 1. The third kappa shape index (κ3) is 4.56. The van der Waals surface area contributed by atoms with Gasteiger partial charge in [-0.25, -0.2) is 0 Å². The molecule has 0 atom stereocenters. The van der Waals surface area contributed by atoms with Crippen molar-refractivity contribution in [2.45, 2.75) is 0 Å². The highest BCUT2D eigenvalue weighted by atomic mass is 79.9. The quantitative estimate of drug-likeness (QED) is 0.778. The second-order valence-corrected chi connectivity index (χ2v) is 6.54. The molecule has 1 aromatic carbocycles. The van der Waals surface area contributed by atoms with Gasteiger partial charge in [0.1, 0.15) is 5.70 Å². The average molecular weight is 416 g/mol. The van der Waals surface area contributed by atoms with Gasteiger partial charge in [0.2, 0.25) is 0 Å². The number of hydrogen-bond donors (Lipinski definition) is 1. The Hall–Kier alpha value is -2.51. The Morgan fingerprint density at radius 2 is 1.92 bits per heavy atom. The topological polar surface area (TPSA) is 71.5 Å². The summed E-state index contributed by atoms with van der Waals surface area (Å²) < 4.78 is 5.96. The van der Waals surface area contributed by atoms with Gasteiger partial charge >= 0.3 is 0 Å². The van der Waals surface area contributed by atoms with Gasteiger partial charge in [-0.3, -0.25) is 14.6 Å². The number of carbonyl (C=O) groups excluding carboxylic acids is 2. The number of morpholine rings is 1. The Balaban J connectivity index is 1.87. The number of nitrogens with one attached hydrogen (secondary N) is 1. The molecule has 0 aliphatic carbocycles. The third-order valence-corrected chi connectivity index (χ3v) is 4.58. The molecule has 2 aromatic rings. The number of benzene rings is 1. The summed E-state index contributed by atoms with van der Waals surface area (Å²) in [6.07, 6.45) is 4.93. The van der Waals surface area contributed by atoms with Gasteiger partial charge in [0, 0.05) is 30.0 Å². The lowest BCUT2D eigenvalue weighted by Crippen LogP contribution is -2.44. The zero-order valence-electron chi connectivity index (χ0n) is 14.0. The maximum atomic E-state index is 12.9. The fraction of sp³-hybridized carbons (Fsp3) is 0.211. The highest BCUT2D eigenvalue weighted by Gasteiger charge is 2.23. The Morgan fingerprint density at radius 3 is 2.62 bits per heavy atom. The largest absolute Gasteiger partial charge is 0.378 e. The van der Waals surface area contributed by atoms with E-state index >= 15 is 0 Å². The lowest BCUT2D eigenvalue weighted by atomic mass is 10.2. The van der Waals surface area contributed by atoms with Crippen LogP contribution in [-0.2, 0) is 9.53 Å². The summed E-state index contributed by atoms with van der Waals surface area (Å²) in [5.41, 5.74) is 1.40. The van der Waals surface area contributed by atoms with Gasteiger partial charge in [-0.05, 0) is 45.8 Å². The van der Waals surface area contributed by atoms with E-state index in [1.54, 1.807) is 47.6 Å². The number of ether oxygens (including phenoxy) is 1. The van der Waals surface area contributed by atoms with Crippen molar-refractivity contribution in [3.63, 3.8) is 0 Å². The molecular formula is C19H18BrN3O3. The van der Waals surface area contributed by atoms with Crippen molar-refractivity contribution in [2.24, 2.45) is 0 Å². The molecule has 1 fully saturated rings. The molecule has 1 aromatic heterocycles. The molecule has 2 amide bonds. The van der Waals surface area contributed by atoms with Crippen molar-refractivity contribution >= 4 is 33.8 Å². The number of halogens is 1. The molecule has 0 saturated carbocycles. The monoisotopic (exact) mass is 415 g/mol. The molecular weight excluding hydrogens is 398 g/mol. The normalized spacial score (nSPS) is 14.8. The summed E-state index contributed by atoms with van der Waals surface area (Å²) in [4.78, 5) is 31.3. The van der Waals surface area contributed by atoms with Crippen molar-refractivity contribution in [3.8, 4) is 0 Å². The molecule has 1 saturated heterocycles. The van der Waals surface area contributed by atoms with E-state index in [2.05, 4.69) is 26.2 Å². The molecule has 1 aliphatic rings. The number of carbonyl (C=O) groups is 2. The van der Waals surface area contributed by atoms with E-state index in [1.807, 2.05) is 12.1 Å². The first-order valence-electron chi connectivity index (χ1n) is 8.20. The zero-order valence-corrected chi connectivity index (χ0v) is 15.6. The minimum Gasteiger partial charge on any atom is -0.378 e. The van der Waals surface area contributed by atoms with E-state index in [9.17, 15) is 9.59 Å². The second-order valence-electron chi connectivity index (χ2n) is 5.68. The van der Waals surface area contributed by atoms with Crippen molar-refractivity contribution in [1.29, 1.82) is 0 Å². The van der Waals surface area contributed by atoms with Gasteiger partial charge < -0.3 is 15.0 Å². The molecule has 6 nitrogen and oxygen atoms in total. The fourth-order valence-corrected chi connectivity index (χ4v) is 3.02. The molecule has 7 heteroatoms. The van der Waals surface area contributed by atoms with Crippen LogP contribution in [0, 0.1) is 0 Å². The van der Waals surface area contributed by atoms with Gasteiger partial charge in [-0.15, -0.1) is 0 Å². The van der Waals surface area contributed by atoms with Crippen LogP contribution >= 0.6 is 15.9 Å². The predicted octanol–water partition coefficient (Wildman–Crippen LogP) is 2.47. The summed E-state index contributed by atoms with van der Waals surface area (Å²) in [5, 5.41) is 2.75. The van der Waals surface area contributed by atoms with Gasteiger partial charge in [-0.2, -0.15) is 0 Å². The minimum atomic E-state index is -0.353. The smallest absolute Gasteiger partial charge is 0.270 e. The number of rotatable bonds is 4. The van der Waals surface area contributed by atoms with Crippen LogP contribution in [0.4, 0.5) is 0 Å². The van der Waals surface area contributed by atoms with Gasteiger partial charge in [0.15, 0.2) is 0 Å². The van der Waals surface area contributed by atoms with E-state index in [-0.39, 0.29) is 17.5 Å². The lowest BCUT2D eigenvalue weighted by Gasteiger charge is -2.27. The highest BCUT2D eigenvalue weighted by molar-refractivity contribution is 9.10. The average Bonchev–Trinajstić information content (AvgIpc) is 2.68. The first-order valence-corrected chi connectivity index (χ1v) is 8.99. The maximum absolute atomic E-state index is 12.9. The summed E-state index contributed by atoms with van der Waals surface area (Å²) >= 11 is 3.37. The Labute approximate surface area is 160 Å². The van der Waals surface area contributed by atoms with Crippen LogP contribution in [0.5, 0.6) is 0 Å². The summed E-state index contributed by atoms with van der Waals surface area (Å²) in [7, 11) is 0. The van der Waals surface area contributed by atoms with Crippen molar-refractivity contribution in [2.75, 3.05) is 26.3 Å². The van der Waals surface area contributed by atoms with E-state index in [0.717, 1.165) is 5.56 Å². The molecule has 26 heavy (non-hydrogen) atoms. The van der Waals surface area contributed by atoms with Crippen LogP contribution in [0.3, 0.4) is 0 Å². The Kier molecular flexibility index (Phi) is 6.14. The van der Waals surface area contributed by atoms with Gasteiger partial charge in [0.25, 0.3) is 11.8 Å². The summed E-state index contributed by atoms with van der Waals surface area (Å²) in [5.74, 6) is -0.591. The second kappa shape index (κ2) is 8.73. The molecule has 0 unspecified atom stereocenters. The van der Waals surface area contributed by atoms with Crippen LogP contribution in [-0.4, -0.2) is 48.0 Å². The third-order valence-electron chi connectivity index (χ3n) is 3.89. The number of pyridine rings is 1. The summed E-state index contributed by atoms with van der Waals surface area (Å²) in [6, 6.07) is 10.7. The number of hydrogen-bond acceptors (Lipinski definition) is 4. The first kappa shape index (κ1) is 18.3. The standard InChI is InChI=1S/C19H18BrN3O3/c20-16-6-2-1-5-15(16)18(24)22-17(12-14-4-3-7-21-13-14)19(25)23-8-10-26-11-9-23/h1-7,12-13H,8-11H2,(H,22,24). The fourth-order valence-electron chi connectivity index (χ4n) is 2.55. The molecule has 1 N–H and O–H groups in total. The van der Waals surface area contributed by atoms with E-state index in [4.69, 9.17) is 4.74 Å². The molecule has 0 bridgehead atoms. The lowest BCUT2D eigenvalue weighted by molar-refractivity contribution is -0.131. The van der Waals surface area contributed by atoms with Crippen LogP contribution < -0.4 is 5.32 Å². The molecule has 0 radical (unpaired) electrons. The highest BCUT2D eigenvalue weighted by Crippen LogP contribution is 2.17. The van der Waals surface area contributed by atoms with Crippen molar-refractivity contribution in [1.82, 2.24) is 15.2 Å². The van der Waals surface area contributed by atoms with Crippen LogP contribution in [0.2, 0.25) is 0 Å². The zero-order chi connectivity index (χ0) is 18.4. The van der Waals surface area contributed by atoms with E-state index < -0.39 is 0 Å². The van der Waals surface area contributed by atoms with Gasteiger partial charge in [-0.1, -0.05) is 18.2 Å². The SMILES string of the molecule is O=C(NC(=Cc1cccnc1)C(=O)N1CCOCC1)c1ccccc1Br. The maximum Gasteiger partial charge on any atom is 0.270 e. The minimum absolute atomic E-state index is 0.209. The van der Waals surface area contributed by atoms with Crippen LogP contribution in [0.15, 0.2) is 59.0 Å². The van der Waals surface area contributed by atoms with Crippen molar-refractivity contribution in [3.05, 3.63) is 70.1 Å². The molecule has 1 aliphatic heterocycles. The predicted molar refractivity (Wildman–Crippen MR) is 101 cm³/mol. The molecule has 0 spiro atoms.